The number of aromatic nitrogens is 4. The third-order valence-corrected chi connectivity index (χ3v) is 1.86. The van der Waals surface area contributed by atoms with Crippen LogP contribution in [0.15, 0.2) is 6.33 Å². The lowest BCUT2D eigenvalue weighted by atomic mass is 10.4. The molecule has 0 amide bonds. The van der Waals surface area contributed by atoms with Crippen LogP contribution in [-0.2, 0) is 6.54 Å². The van der Waals surface area contributed by atoms with Gasteiger partial charge in [0.1, 0.15) is 6.33 Å². The predicted octanol–water partition coefficient (Wildman–Crippen LogP) is -0.451. The first kappa shape index (κ1) is 6.96. The largest absolute Gasteiger partial charge is 0.382 e. The lowest BCUT2D eigenvalue weighted by Crippen LogP contribution is -2.30. The fourth-order valence-electron chi connectivity index (χ4n) is 1.27. The summed E-state index contributed by atoms with van der Waals surface area (Å²) in [5.41, 5.74) is 7.09. The van der Waals surface area contributed by atoms with Gasteiger partial charge in [-0.1, -0.05) is 0 Å². The summed E-state index contributed by atoms with van der Waals surface area (Å²) in [5.74, 6) is 6.07. The number of nitrogens with zero attached hydrogens (tertiary/aromatic N) is 4. The Morgan fingerprint density at radius 2 is 2.25 bits per heavy atom. The molecule has 0 spiro atoms. The Hall–Kier alpha value is -1.72. The molecule has 0 radical (unpaired) electrons. The molecule has 0 saturated heterocycles. The number of anilines is 1. The van der Waals surface area contributed by atoms with Crippen molar-refractivity contribution in [3.63, 3.8) is 0 Å². The fraction of sp³-hybridized carbons (Fsp3) is 0.333. The second-order valence-corrected chi connectivity index (χ2v) is 2.49. The minimum atomic E-state index is 0.423. The van der Waals surface area contributed by atoms with E-state index >= 15 is 0 Å². The first-order valence-electron chi connectivity index (χ1n) is 3.68. The van der Waals surface area contributed by atoms with Crippen molar-refractivity contribution in [2.24, 2.45) is 0 Å². The van der Waals surface area contributed by atoms with Gasteiger partial charge in [0.25, 0.3) is 0 Å². The van der Waals surface area contributed by atoms with Crippen LogP contribution in [0, 0.1) is 0 Å². The van der Waals surface area contributed by atoms with Crippen LogP contribution in [0.5, 0.6) is 0 Å². The highest BCUT2D eigenvalue weighted by molar-refractivity contribution is 5.83. The quantitative estimate of drug-likeness (QED) is 0.561. The van der Waals surface area contributed by atoms with Gasteiger partial charge < -0.3 is 11.6 Å². The van der Waals surface area contributed by atoms with Gasteiger partial charge in [-0.05, 0) is 6.92 Å². The normalized spacial score (nSPS) is 11.1. The summed E-state index contributed by atoms with van der Waals surface area (Å²) in [6, 6.07) is 0. The number of nitrogens with two attached hydrogens (primary N) is 2. The standard InChI is InChI=1S/C6H10N6/c1-2-11-6-4(12(11)8)5(7)9-3-10-6/h3H,2,8H2,1H3,(H2,7,9,10). The summed E-state index contributed by atoms with van der Waals surface area (Å²) in [7, 11) is 0. The highest BCUT2D eigenvalue weighted by atomic mass is 15.6. The van der Waals surface area contributed by atoms with Crippen molar-refractivity contribution in [1.29, 1.82) is 0 Å². The molecule has 0 aromatic carbocycles. The monoisotopic (exact) mass is 166 g/mol. The molecule has 4 N–H and O–H groups in total. The van der Waals surface area contributed by atoms with Gasteiger partial charge >= 0.3 is 0 Å². The Morgan fingerprint density at radius 1 is 1.50 bits per heavy atom. The van der Waals surface area contributed by atoms with E-state index in [4.69, 9.17) is 11.6 Å². The van der Waals surface area contributed by atoms with E-state index in [2.05, 4.69) is 9.97 Å². The average Bonchev–Trinajstić information content (AvgIpc) is 2.04. The van der Waals surface area contributed by atoms with Gasteiger partial charge in [0.15, 0.2) is 17.0 Å². The summed E-state index contributed by atoms with van der Waals surface area (Å²) in [4.78, 5) is 9.33. The van der Waals surface area contributed by atoms with Gasteiger partial charge in [-0.15, -0.1) is 0 Å². The average molecular weight is 166 g/mol. The molecule has 64 valence electrons. The van der Waals surface area contributed by atoms with Crippen molar-refractivity contribution in [3.8, 4) is 0 Å². The molecule has 2 aromatic heterocycles. The van der Waals surface area contributed by atoms with Crippen molar-refractivity contribution in [2.75, 3.05) is 11.6 Å². The van der Waals surface area contributed by atoms with Crippen molar-refractivity contribution < 1.29 is 0 Å². The molecule has 2 rings (SSSR count). The van der Waals surface area contributed by atoms with E-state index in [1.54, 1.807) is 0 Å². The van der Waals surface area contributed by atoms with E-state index in [1.165, 1.54) is 11.1 Å². The summed E-state index contributed by atoms with van der Waals surface area (Å²) in [5, 5.41) is 0. The summed E-state index contributed by atoms with van der Waals surface area (Å²) in [6.07, 6.45) is 1.43. The second kappa shape index (κ2) is 2.13. The molecule has 0 atom stereocenters. The third-order valence-electron chi connectivity index (χ3n) is 1.86. The second-order valence-electron chi connectivity index (χ2n) is 2.49. The Bertz CT molecular complexity index is 411. The number of aryl methyl sites for hydroxylation is 1. The van der Waals surface area contributed by atoms with Crippen molar-refractivity contribution >= 4 is 17.0 Å². The van der Waals surface area contributed by atoms with Crippen LogP contribution in [0.4, 0.5) is 5.82 Å². The van der Waals surface area contributed by atoms with Crippen molar-refractivity contribution in [2.45, 2.75) is 13.5 Å². The van der Waals surface area contributed by atoms with Crippen LogP contribution in [0.3, 0.4) is 0 Å². The molecule has 0 fully saturated rings. The molecule has 2 aromatic rings. The van der Waals surface area contributed by atoms with Crippen LogP contribution >= 0.6 is 0 Å². The molecule has 0 unspecified atom stereocenters. The highest BCUT2D eigenvalue weighted by Crippen LogP contribution is 2.17. The smallest absolute Gasteiger partial charge is 0.182 e. The summed E-state index contributed by atoms with van der Waals surface area (Å²) >= 11 is 0. The molecule has 12 heavy (non-hydrogen) atoms. The zero-order chi connectivity index (χ0) is 8.72. The molecule has 0 aliphatic carbocycles. The molecule has 0 aliphatic heterocycles. The maximum Gasteiger partial charge on any atom is 0.182 e. The van der Waals surface area contributed by atoms with Crippen LogP contribution in [0.25, 0.3) is 11.2 Å². The van der Waals surface area contributed by atoms with E-state index in [-0.39, 0.29) is 0 Å². The molecule has 2 heterocycles. The van der Waals surface area contributed by atoms with Crippen molar-refractivity contribution in [1.82, 2.24) is 19.4 Å². The number of hydrogen-bond acceptors (Lipinski definition) is 4. The van der Waals surface area contributed by atoms with Crippen LogP contribution in [-0.4, -0.2) is 19.4 Å². The Labute approximate surface area is 68.7 Å². The number of rotatable bonds is 1. The van der Waals surface area contributed by atoms with Crippen LogP contribution in [0.2, 0.25) is 0 Å². The zero-order valence-corrected chi connectivity index (χ0v) is 6.73. The predicted molar refractivity (Wildman–Crippen MR) is 45.8 cm³/mol. The number of fused-ring (bicyclic) bond motifs is 1. The van der Waals surface area contributed by atoms with Gasteiger partial charge in [-0.25, -0.2) is 14.6 Å². The fourth-order valence-corrected chi connectivity index (χ4v) is 1.27. The Balaban J connectivity index is 2.73. The Kier molecular flexibility index (Phi) is 1.24. The first-order valence-corrected chi connectivity index (χ1v) is 3.68. The lowest BCUT2D eigenvalue weighted by molar-refractivity contribution is 0.548. The highest BCUT2D eigenvalue weighted by Gasteiger charge is 2.13. The molecule has 0 aliphatic rings. The zero-order valence-electron chi connectivity index (χ0n) is 6.73. The summed E-state index contributed by atoms with van der Waals surface area (Å²) in [6.45, 7) is 2.76. The third kappa shape index (κ3) is 0.635. The SMILES string of the molecule is CCn1c2ncnc(N)c2n1N. The van der Waals surface area contributed by atoms with Crippen LogP contribution < -0.4 is 11.6 Å². The van der Waals surface area contributed by atoms with Gasteiger partial charge in [-0.2, -0.15) is 4.79 Å². The number of nitrogen functional groups attached to an aromatic ring is 2. The van der Waals surface area contributed by atoms with E-state index in [9.17, 15) is 0 Å². The molecule has 0 saturated carbocycles. The molecule has 0 bridgehead atoms. The number of hydrogen-bond donors (Lipinski definition) is 2. The van der Waals surface area contributed by atoms with E-state index < -0.39 is 0 Å². The van der Waals surface area contributed by atoms with Gasteiger partial charge in [0.05, 0.1) is 0 Å². The van der Waals surface area contributed by atoms with E-state index in [0.717, 1.165) is 12.2 Å². The topological polar surface area (TPSA) is 87.7 Å². The lowest BCUT2D eigenvalue weighted by Gasteiger charge is -2.20. The summed E-state index contributed by atoms with van der Waals surface area (Å²) < 4.78 is 1.81. The molecular weight excluding hydrogens is 156 g/mol. The van der Waals surface area contributed by atoms with Gasteiger partial charge in [0, 0.05) is 6.54 Å². The van der Waals surface area contributed by atoms with Crippen molar-refractivity contribution in [3.05, 3.63) is 6.33 Å². The Morgan fingerprint density at radius 3 is 2.92 bits per heavy atom. The van der Waals surface area contributed by atoms with E-state index in [1.807, 2.05) is 11.6 Å². The van der Waals surface area contributed by atoms with E-state index in [0.29, 0.717) is 11.3 Å². The first-order chi connectivity index (χ1) is 5.75. The van der Waals surface area contributed by atoms with Gasteiger partial charge in [-0.3, -0.25) is 0 Å². The van der Waals surface area contributed by atoms with Gasteiger partial charge in [0.2, 0.25) is 0 Å². The minimum Gasteiger partial charge on any atom is -0.382 e. The minimum absolute atomic E-state index is 0.423. The molecular formula is C6H10N6. The van der Waals surface area contributed by atoms with Crippen LogP contribution in [0.1, 0.15) is 6.92 Å². The maximum atomic E-state index is 5.64. The molecule has 6 nitrogen and oxygen atoms in total. The molecule has 6 heteroatoms. The maximum absolute atomic E-state index is 5.64.